The van der Waals surface area contributed by atoms with Crippen molar-refractivity contribution in [3.05, 3.63) is 35.4 Å². The van der Waals surface area contributed by atoms with Gasteiger partial charge in [0.15, 0.2) is 5.76 Å². The van der Waals surface area contributed by atoms with Crippen LogP contribution in [0.4, 0.5) is 0 Å². The third-order valence-corrected chi connectivity index (χ3v) is 2.18. The van der Waals surface area contributed by atoms with Crippen molar-refractivity contribution in [2.24, 2.45) is 0 Å². The van der Waals surface area contributed by atoms with E-state index in [0.717, 1.165) is 21.8 Å². The maximum atomic E-state index is 5.75. The molecule has 0 saturated carbocycles. The second-order valence-corrected chi connectivity index (χ2v) is 3.65. The van der Waals surface area contributed by atoms with Crippen molar-refractivity contribution in [1.29, 1.82) is 0 Å². The molecule has 0 spiro atoms. The molecule has 0 amide bonds. The van der Waals surface area contributed by atoms with Gasteiger partial charge in [0.05, 0.1) is 0 Å². The van der Waals surface area contributed by atoms with Crippen LogP contribution >= 0.6 is 20.8 Å². The molecule has 13 heavy (non-hydrogen) atoms. The van der Waals surface area contributed by atoms with Gasteiger partial charge in [0.2, 0.25) is 0 Å². The zero-order valence-electron chi connectivity index (χ0n) is 6.70. The highest BCUT2D eigenvalue weighted by Crippen LogP contribution is 2.20. The van der Waals surface area contributed by atoms with Crippen LogP contribution in [0.1, 0.15) is 0 Å². The number of nitrogens with zero attached hydrogens (tertiary/aromatic N) is 1. The van der Waals surface area contributed by atoms with Gasteiger partial charge in [-0.15, -0.1) is 0 Å². The molecule has 1 aromatic carbocycles. The number of aromatic nitrogens is 1. The lowest BCUT2D eigenvalue weighted by molar-refractivity contribution is 0.438. The summed E-state index contributed by atoms with van der Waals surface area (Å²) in [7, 11) is 2.48. The van der Waals surface area contributed by atoms with Crippen molar-refractivity contribution in [3.63, 3.8) is 0 Å². The Kier molecular flexibility index (Phi) is 2.34. The average molecular weight is 212 g/mol. The lowest BCUT2D eigenvalue weighted by Gasteiger charge is -1.93. The predicted molar refractivity (Wildman–Crippen MR) is 56.3 cm³/mol. The Labute approximate surface area is 83.1 Å². The maximum absolute atomic E-state index is 5.75. The van der Waals surface area contributed by atoms with Crippen LogP contribution in [0.3, 0.4) is 0 Å². The minimum atomic E-state index is 0.717. The monoisotopic (exact) mass is 211 g/mol. The quantitative estimate of drug-likeness (QED) is 0.678. The zero-order valence-corrected chi connectivity index (χ0v) is 8.61. The fourth-order valence-corrected chi connectivity index (χ4v) is 1.37. The van der Waals surface area contributed by atoms with Gasteiger partial charge in [0, 0.05) is 16.7 Å². The molecule has 2 aromatic rings. The highest BCUT2D eigenvalue weighted by Gasteiger charge is 2.02. The van der Waals surface area contributed by atoms with Gasteiger partial charge in [-0.25, -0.2) is 0 Å². The molecule has 1 atom stereocenters. The third kappa shape index (κ3) is 1.90. The van der Waals surface area contributed by atoms with Gasteiger partial charge in [-0.1, -0.05) is 26.0 Å². The van der Waals surface area contributed by atoms with Gasteiger partial charge in [-0.2, -0.15) is 0 Å². The number of hydrogen-bond donors (Lipinski definition) is 0. The molecule has 2 nitrogen and oxygen atoms in total. The number of halogens is 1. The highest BCUT2D eigenvalue weighted by molar-refractivity contribution is 7.26. The van der Waals surface area contributed by atoms with E-state index in [1.54, 1.807) is 0 Å². The van der Waals surface area contributed by atoms with Crippen molar-refractivity contribution in [2.75, 3.05) is 0 Å². The molecule has 0 aliphatic heterocycles. The van der Waals surface area contributed by atoms with E-state index in [-0.39, 0.29) is 0 Å². The Hall–Kier alpha value is -0.850. The Morgan fingerprint density at radius 2 is 1.92 bits per heavy atom. The zero-order chi connectivity index (χ0) is 9.26. The van der Waals surface area contributed by atoms with Crippen LogP contribution in [0.25, 0.3) is 11.3 Å². The van der Waals surface area contributed by atoms with Crippen LogP contribution in [0.5, 0.6) is 0 Å². The summed E-state index contributed by atoms with van der Waals surface area (Å²) in [6.07, 6.45) is 0. The topological polar surface area (TPSA) is 26.0 Å². The van der Waals surface area contributed by atoms with Crippen molar-refractivity contribution in [3.8, 4) is 11.3 Å². The number of benzene rings is 1. The molecule has 1 unspecified atom stereocenters. The minimum Gasteiger partial charge on any atom is -0.356 e. The maximum Gasteiger partial charge on any atom is 0.167 e. The highest BCUT2D eigenvalue weighted by atomic mass is 35.5. The normalized spacial score (nSPS) is 10.3. The van der Waals surface area contributed by atoms with E-state index >= 15 is 0 Å². The molecule has 1 heterocycles. The largest absolute Gasteiger partial charge is 0.356 e. The van der Waals surface area contributed by atoms with Gasteiger partial charge in [0.25, 0.3) is 0 Å². The second-order valence-electron chi connectivity index (χ2n) is 2.62. The summed E-state index contributed by atoms with van der Waals surface area (Å²) in [5.74, 6) is 0.752. The molecular weight excluding hydrogens is 205 g/mol. The Bertz CT molecular complexity index is 410. The van der Waals surface area contributed by atoms with E-state index in [1.807, 2.05) is 30.3 Å². The fourth-order valence-electron chi connectivity index (χ4n) is 1.04. The summed E-state index contributed by atoms with van der Waals surface area (Å²) < 4.78 is 5.08. The summed E-state index contributed by atoms with van der Waals surface area (Å²) in [6.45, 7) is 0. The van der Waals surface area contributed by atoms with Gasteiger partial charge in [-0.3, -0.25) is 0 Å². The molecule has 0 aliphatic rings. The van der Waals surface area contributed by atoms with Gasteiger partial charge < -0.3 is 4.52 Å². The van der Waals surface area contributed by atoms with Crippen LogP contribution < -0.4 is 5.44 Å². The fraction of sp³-hybridized carbons (Fsp3) is 0. The van der Waals surface area contributed by atoms with E-state index in [0.29, 0.717) is 0 Å². The molecule has 0 N–H and O–H groups in total. The standard InChI is InChI=1S/C9H7ClNOP/c10-7-3-1-6(2-4-7)8-5-9(13)11-12-8/h1-5H,13H2. The third-order valence-electron chi connectivity index (χ3n) is 1.66. The van der Waals surface area contributed by atoms with Crippen LogP contribution in [-0.2, 0) is 0 Å². The van der Waals surface area contributed by atoms with Crippen LogP contribution in [-0.4, -0.2) is 5.16 Å². The summed E-state index contributed by atoms with van der Waals surface area (Å²) in [6, 6.07) is 9.29. The van der Waals surface area contributed by atoms with Crippen LogP contribution in [0, 0.1) is 0 Å². The molecule has 66 valence electrons. The molecule has 0 saturated heterocycles. The van der Waals surface area contributed by atoms with Crippen LogP contribution in [0.15, 0.2) is 34.9 Å². The van der Waals surface area contributed by atoms with E-state index in [9.17, 15) is 0 Å². The summed E-state index contributed by atoms with van der Waals surface area (Å²) in [5.41, 5.74) is 1.77. The van der Waals surface area contributed by atoms with E-state index in [2.05, 4.69) is 14.4 Å². The van der Waals surface area contributed by atoms with Crippen molar-refractivity contribution < 1.29 is 4.52 Å². The predicted octanol–water partition coefficient (Wildman–Crippen LogP) is 2.50. The first-order valence-electron chi connectivity index (χ1n) is 3.74. The lowest BCUT2D eigenvalue weighted by Crippen LogP contribution is -1.84. The van der Waals surface area contributed by atoms with Gasteiger partial charge in [-0.05, 0) is 24.3 Å². The number of hydrogen-bond acceptors (Lipinski definition) is 2. The molecule has 0 bridgehead atoms. The molecule has 0 radical (unpaired) electrons. The first-order valence-corrected chi connectivity index (χ1v) is 4.69. The van der Waals surface area contributed by atoms with Crippen molar-refractivity contribution >= 4 is 26.3 Å². The first kappa shape index (κ1) is 8.74. The first-order chi connectivity index (χ1) is 6.25. The molecule has 2 rings (SSSR count). The van der Waals surface area contributed by atoms with Gasteiger partial charge in [0.1, 0.15) is 5.44 Å². The smallest absolute Gasteiger partial charge is 0.167 e. The van der Waals surface area contributed by atoms with E-state index in [1.165, 1.54) is 0 Å². The SMILES string of the molecule is Pc1cc(-c2ccc(Cl)cc2)on1. The Morgan fingerprint density at radius 3 is 2.46 bits per heavy atom. The molecule has 1 aromatic heterocycles. The van der Waals surface area contributed by atoms with Crippen LogP contribution in [0.2, 0.25) is 5.02 Å². The molecule has 0 aliphatic carbocycles. The lowest BCUT2D eigenvalue weighted by atomic mass is 10.2. The molecule has 0 fully saturated rings. The van der Waals surface area contributed by atoms with Crippen molar-refractivity contribution in [2.45, 2.75) is 0 Å². The summed E-state index contributed by atoms with van der Waals surface area (Å²) >= 11 is 5.75. The summed E-state index contributed by atoms with van der Waals surface area (Å²) in [5, 5.41) is 4.49. The molecular formula is C9H7ClNOP. The van der Waals surface area contributed by atoms with E-state index < -0.39 is 0 Å². The Balaban J connectivity index is 2.41. The Morgan fingerprint density at radius 1 is 1.23 bits per heavy atom. The number of rotatable bonds is 1. The average Bonchev–Trinajstić information content (AvgIpc) is 2.53. The van der Waals surface area contributed by atoms with Gasteiger partial charge >= 0.3 is 0 Å². The minimum absolute atomic E-state index is 0.717. The van der Waals surface area contributed by atoms with E-state index in [4.69, 9.17) is 16.1 Å². The van der Waals surface area contributed by atoms with Crippen molar-refractivity contribution in [1.82, 2.24) is 5.16 Å². The second kappa shape index (κ2) is 3.49. The molecule has 4 heteroatoms. The summed E-state index contributed by atoms with van der Waals surface area (Å²) in [4.78, 5) is 0.